The van der Waals surface area contributed by atoms with Gasteiger partial charge in [-0.2, -0.15) is 26.3 Å². The maximum absolute atomic E-state index is 13.0. The van der Waals surface area contributed by atoms with E-state index in [9.17, 15) is 59.3 Å². The fourth-order valence-electron chi connectivity index (χ4n) is 1.89. The van der Waals surface area contributed by atoms with Crippen molar-refractivity contribution in [2.24, 2.45) is 0 Å². The molecule has 1 aromatic carbocycles. The van der Waals surface area contributed by atoms with Crippen molar-refractivity contribution in [2.75, 3.05) is 5.75 Å². The molecule has 29 heavy (non-hydrogen) atoms. The van der Waals surface area contributed by atoms with E-state index < -0.39 is 56.2 Å². The zero-order valence-electron chi connectivity index (χ0n) is 13.5. The summed E-state index contributed by atoms with van der Waals surface area (Å²) in [6, 6.07) is 2.26. The Bertz CT molecular complexity index is 924. The summed E-state index contributed by atoms with van der Waals surface area (Å²) < 4.78 is 113. The highest BCUT2D eigenvalue weighted by molar-refractivity contribution is 7.85. The van der Waals surface area contributed by atoms with E-state index in [1.807, 2.05) is 0 Å². The summed E-state index contributed by atoms with van der Waals surface area (Å²) in [5.41, 5.74) is -6.68. The maximum Gasteiger partial charge on any atom is 0.438 e. The average Bonchev–Trinajstić information content (AvgIpc) is 2.48. The number of hydrogen-bond acceptors (Lipinski definition) is 8. The number of halogens is 6. The Morgan fingerprint density at radius 1 is 1.17 bits per heavy atom. The number of aromatic hydroxyl groups is 1. The Hall–Kier alpha value is -2.88. The molecule has 0 heterocycles. The number of carbonyl (C=O) groups excluding carboxylic acids is 1. The molecule has 0 aliphatic carbocycles. The number of phenolic OH excluding ortho intramolecular Hbond substituents is 1. The van der Waals surface area contributed by atoms with Gasteiger partial charge >= 0.3 is 29.6 Å². The first-order valence-electron chi connectivity index (χ1n) is 6.85. The highest BCUT2D eigenvalue weighted by atomic mass is 32.2. The van der Waals surface area contributed by atoms with Gasteiger partial charge in [0.15, 0.2) is 5.75 Å². The molecule has 162 valence electrons. The van der Waals surface area contributed by atoms with Gasteiger partial charge in [0.25, 0.3) is 0 Å². The van der Waals surface area contributed by atoms with Crippen molar-refractivity contribution < 1.29 is 58.9 Å². The fourth-order valence-corrected chi connectivity index (χ4v) is 2.77. The lowest BCUT2D eigenvalue weighted by molar-refractivity contribution is -0.385. The number of esters is 1. The van der Waals surface area contributed by atoms with E-state index >= 15 is 0 Å². The van der Waals surface area contributed by atoms with Crippen LogP contribution in [0, 0.1) is 10.1 Å². The van der Waals surface area contributed by atoms with Crippen LogP contribution in [-0.4, -0.2) is 52.7 Å². The van der Waals surface area contributed by atoms with Gasteiger partial charge in [0.1, 0.15) is 0 Å². The molecule has 0 aliphatic heterocycles. The summed E-state index contributed by atoms with van der Waals surface area (Å²) in [5, 5.41) is 19.9. The van der Waals surface area contributed by atoms with Crippen LogP contribution in [0.25, 0.3) is 6.08 Å². The van der Waals surface area contributed by atoms with E-state index in [2.05, 4.69) is 4.74 Å². The normalized spacial score (nSPS) is 13.5. The summed E-state index contributed by atoms with van der Waals surface area (Å²) in [5.74, 6) is -6.41. The molecule has 0 saturated carbocycles. The van der Waals surface area contributed by atoms with Crippen molar-refractivity contribution >= 4 is 27.9 Å². The first-order valence-corrected chi connectivity index (χ1v) is 8.43. The Labute approximate surface area is 157 Å². The molecule has 0 bridgehead atoms. The minimum atomic E-state index is -6.52. The van der Waals surface area contributed by atoms with Crippen LogP contribution in [0.5, 0.6) is 5.75 Å². The number of hydrogen-bond donors (Lipinski definition) is 1. The largest absolute Gasteiger partial charge is 0.748 e. The van der Waals surface area contributed by atoms with Crippen molar-refractivity contribution in [1.29, 1.82) is 0 Å². The number of nitro benzene ring substituents is 1. The van der Waals surface area contributed by atoms with E-state index in [1.165, 1.54) is 0 Å². The van der Waals surface area contributed by atoms with Crippen LogP contribution < -0.4 is 0 Å². The van der Waals surface area contributed by atoms with Crippen molar-refractivity contribution in [3.05, 3.63) is 40.0 Å². The third-order valence-electron chi connectivity index (χ3n) is 3.18. The van der Waals surface area contributed by atoms with Gasteiger partial charge in [-0.05, 0) is 23.8 Å². The molecule has 0 amide bonds. The molecule has 0 atom stereocenters. The lowest BCUT2D eigenvalue weighted by Gasteiger charge is -2.36. The van der Waals surface area contributed by atoms with E-state index in [0.717, 1.165) is 12.1 Å². The molecule has 9 nitrogen and oxygen atoms in total. The smallest absolute Gasteiger partial charge is 0.438 e. The van der Waals surface area contributed by atoms with Gasteiger partial charge in [0.2, 0.25) is 0 Å². The Morgan fingerprint density at radius 3 is 2.07 bits per heavy atom. The summed E-state index contributed by atoms with van der Waals surface area (Å²) >= 11 is 0. The lowest BCUT2D eigenvalue weighted by Crippen LogP contribution is -2.63. The Balaban J connectivity index is 3.27. The van der Waals surface area contributed by atoms with Gasteiger partial charge < -0.3 is 14.4 Å². The zero-order valence-corrected chi connectivity index (χ0v) is 14.3. The number of nitro groups is 1. The molecule has 1 aromatic rings. The molecule has 0 fully saturated rings. The number of alkyl halides is 6. The van der Waals surface area contributed by atoms with Crippen LogP contribution in [-0.2, 0) is 19.6 Å². The van der Waals surface area contributed by atoms with E-state index in [1.54, 1.807) is 0 Å². The second kappa shape index (κ2) is 7.86. The van der Waals surface area contributed by atoms with Crippen molar-refractivity contribution in [3.63, 3.8) is 0 Å². The predicted octanol–water partition coefficient (Wildman–Crippen LogP) is 2.27. The Kier molecular flexibility index (Phi) is 6.55. The van der Waals surface area contributed by atoms with Gasteiger partial charge in [-0.15, -0.1) is 0 Å². The van der Waals surface area contributed by atoms with Crippen LogP contribution in [0.4, 0.5) is 32.0 Å². The quantitative estimate of drug-likeness (QED) is 0.173. The average molecular weight is 452 g/mol. The van der Waals surface area contributed by atoms with Gasteiger partial charge in [0.05, 0.1) is 20.8 Å². The molecule has 0 aromatic heterocycles. The van der Waals surface area contributed by atoms with Crippen LogP contribution in [0.3, 0.4) is 0 Å². The van der Waals surface area contributed by atoms with Gasteiger partial charge in [-0.1, -0.05) is 0 Å². The number of benzene rings is 1. The zero-order chi connectivity index (χ0) is 22.8. The third kappa shape index (κ3) is 5.80. The molecule has 0 saturated heterocycles. The van der Waals surface area contributed by atoms with Crippen LogP contribution in [0.15, 0.2) is 24.3 Å². The number of carbonyl (C=O) groups is 1. The van der Waals surface area contributed by atoms with Crippen LogP contribution >= 0.6 is 0 Å². The standard InChI is InChI=1S/C13H9F6NO8S/c14-12(15,16)11(13(17,18)19,6-29(25,26)27)28-10(22)4-2-7-1-3-8(20(23)24)9(21)5-7/h1-5,21H,6H2,(H,25,26,27)/p-1/b4-2+. The topological polar surface area (TPSA) is 147 Å². The number of phenols is 1. The lowest BCUT2D eigenvalue weighted by atomic mass is 10.1. The molecule has 0 spiro atoms. The molecular weight excluding hydrogens is 444 g/mol. The molecule has 0 unspecified atom stereocenters. The van der Waals surface area contributed by atoms with Gasteiger partial charge in [-0.3, -0.25) is 10.1 Å². The molecule has 1 rings (SSSR count). The van der Waals surface area contributed by atoms with E-state index in [-0.39, 0.29) is 11.6 Å². The highest BCUT2D eigenvalue weighted by Gasteiger charge is 2.75. The number of nitrogens with zero attached hydrogens (tertiary/aromatic N) is 1. The summed E-state index contributed by atoms with van der Waals surface area (Å²) in [6.07, 6.45) is -12.5. The highest BCUT2D eigenvalue weighted by Crippen LogP contribution is 2.46. The van der Waals surface area contributed by atoms with Gasteiger partial charge in [-0.25, -0.2) is 13.2 Å². The monoisotopic (exact) mass is 452 g/mol. The van der Waals surface area contributed by atoms with Crippen molar-refractivity contribution in [1.82, 2.24) is 0 Å². The third-order valence-corrected chi connectivity index (χ3v) is 3.94. The molecular formula is C13H8F6NO8S-. The number of rotatable bonds is 6. The molecule has 0 aliphatic rings. The summed E-state index contributed by atoms with van der Waals surface area (Å²) in [6.45, 7) is 0. The minimum Gasteiger partial charge on any atom is -0.748 e. The number of ether oxygens (including phenoxy) is 1. The second-order valence-corrected chi connectivity index (χ2v) is 6.69. The van der Waals surface area contributed by atoms with Crippen LogP contribution in [0.1, 0.15) is 5.56 Å². The SMILES string of the molecule is O=C(/C=C/c1ccc([N+](=O)[O-])c(O)c1)OC(CS(=O)(=O)[O-])(C(F)(F)F)C(F)(F)F. The van der Waals surface area contributed by atoms with Crippen molar-refractivity contribution in [2.45, 2.75) is 18.0 Å². The molecule has 16 heteroatoms. The van der Waals surface area contributed by atoms with Gasteiger partial charge in [0, 0.05) is 12.1 Å². The Morgan fingerprint density at radius 2 is 1.69 bits per heavy atom. The summed E-state index contributed by atoms with van der Waals surface area (Å²) in [4.78, 5) is 21.0. The fraction of sp³-hybridized carbons (Fsp3) is 0.308. The maximum atomic E-state index is 13.0. The molecule has 1 N–H and O–H groups in total. The summed E-state index contributed by atoms with van der Waals surface area (Å²) in [7, 11) is -6.17. The first-order chi connectivity index (χ1) is 12.9. The molecule has 0 radical (unpaired) electrons. The minimum absolute atomic E-state index is 0.00422. The van der Waals surface area contributed by atoms with Crippen LogP contribution in [0.2, 0.25) is 0 Å². The van der Waals surface area contributed by atoms with E-state index in [4.69, 9.17) is 0 Å². The van der Waals surface area contributed by atoms with E-state index in [0.29, 0.717) is 12.1 Å². The van der Waals surface area contributed by atoms with Crippen molar-refractivity contribution in [3.8, 4) is 5.75 Å². The first kappa shape index (κ1) is 24.2. The second-order valence-electron chi connectivity index (χ2n) is 5.28. The predicted molar refractivity (Wildman–Crippen MR) is 79.3 cm³/mol.